The van der Waals surface area contributed by atoms with E-state index in [9.17, 15) is 14.7 Å². The van der Waals surface area contributed by atoms with Crippen LogP contribution in [0.3, 0.4) is 0 Å². The van der Waals surface area contributed by atoms with Crippen molar-refractivity contribution in [3.8, 4) is 0 Å². The molecule has 8 rings (SSSR count). The van der Waals surface area contributed by atoms with E-state index in [1.165, 1.54) is 0 Å². The van der Waals surface area contributed by atoms with Crippen LogP contribution in [0.25, 0.3) is 0 Å². The third-order valence-corrected chi connectivity index (χ3v) is 11.4. The van der Waals surface area contributed by atoms with Crippen molar-refractivity contribution in [1.82, 2.24) is 5.32 Å². The average Bonchev–Trinajstić information content (AvgIpc) is 3.61. The van der Waals surface area contributed by atoms with Crippen LogP contribution in [0.1, 0.15) is 72.1 Å². The molecule has 4 N–H and O–H groups in total. The van der Waals surface area contributed by atoms with Gasteiger partial charge in [0.05, 0.1) is 42.6 Å². The molecule has 9 nitrogen and oxygen atoms in total. The SMILES string of the molecule is CC1CC(=O)C2C(CC3OC(C)(C)[C@@H]4OC(=O)[C@]5(O[C@@H]5CCC5CCNC(N)C5)[C@@H]5C=C[C@H](CC5)[C@H]4C3C2O)O1. The zero-order valence-corrected chi connectivity index (χ0v) is 24.0. The third kappa shape index (κ3) is 4.33. The Morgan fingerprint density at radius 1 is 1.05 bits per heavy atom. The number of esters is 1. The summed E-state index contributed by atoms with van der Waals surface area (Å²) < 4.78 is 25.7. The standard InChI is InChI=1S/C31H46N2O7/c1-15-12-19(34)25-20(37-15)14-21-26(27(25)35)24-17-5-7-18(8-6-17)31(29(36)38-28(24)30(2,3)39-21)22(40-31)9-4-16-10-11-33-23(32)13-16/h5,7,15-18,20-28,33,35H,4,6,8-14,32H2,1-3H3/t15?,16?,17-,18-,20?,21?,22-,23?,24+,25?,26?,27?,28-,31+/m1/s1. The van der Waals surface area contributed by atoms with E-state index in [-0.39, 0.29) is 66.0 Å². The van der Waals surface area contributed by atoms with Gasteiger partial charge in [-0.3, -0.25) is 4.79 Å². The molecule has 5 saturated heterocycles. The molecule has 0 aromatic rings. The van der Waals surface area contributed by atoms with Crippen LogP contribution in [0, 0.1) is 35.5 Å². The monoisotopic (exact) mass is 558 g/mol. The number of nitrogens with two attached hydrogens (primary N) is 1. The third-order valence-electron chi connectivity index (χ3n) is 11.4. The number of fused-ring (bicyclic) bond motifs is 4. The minimum atomic E-state index is -0.947. The highest BCUT2D eigenvalue weighted by Crippen LogP contribution is 2.57. The molecule has 222 valence electrons. The second-order valence-electron chi connectivity index (χ2n) is 14.3. The van der Waals surface area contributed by atoms with Crippen molar-refractivity contribution in [2.75, 3.05) is 6.54 Å². The van der Waals surface area contributed by atoms with Crippen LogP contribution < -0.4 is 11.1 Å². The Hall–Kier alpha value is -1.36. The van der Waals surface area contributed by atoms with Gasteiger partial charge in [-0.2, -0.15) is 0 Å². The van der Waals surface area contributed by atoms with Crippen LogP contribution in [0.4, 0.5) is 0 Å². The zero-order chi connectivity index (χ0) is 28.0. The number of ketones is 1. The first-order valence-corrected chi connectivity index (χ1v) is 15.7. The molecule has 0 aromatic heterocycles. The molecule has 6 aliphatic heterocycles. The van der Waals surface area contributed by atoms with Crippen molar-refractivity contribution >= 4 is 11.8 Å². The van der Waals surface area contributed by atoms with Gasteiger partial charge in [0.2, 0.25) is 0 Å². The Morgan fingerprint density at radius 3 is 2.62 bits per heavy atom. The lowest BCUT2D eigenvalue weighted by Crippen LogP contribution is -2.67. The number of allylic oxidation sites excluding steroid dienone is 1. The Morgan fingerprint density at radius 2 is 1.88 bits per heavy atom. The van der Waals surface area contributed by atoms with Gasteiger partial charge in [-0.15, -0.1) is 0 Å². The Labute approximate surface area is 236 Å². The molecule has 40 heavy (non-hydrogen) atoms. The molecule has 1 saturated carbocycles. The predicted molar refractivity (Wildman–Crippen MR) is 145 cm³/mol. The smallest absolute Gasteiger partial charge is 0.342 e. The normalized spacial score (nSPS) is 53.0. The van der Waals surface area contributed by atoms with E-state index in [2.05, 4.69) is 17.5 Å². The highest BCUT2D eigenvalue weighted by Gasteiger charge is 2.70. The van der Waals surface area contributed by atoms with E-state index >= 15 is 0 Å². The summed E-state index contributed by atoms with van der Waals surface area (Å²) >= 11 is 0. The van der Waals surface area contributed by atoms with Crippen LogP contribution in [0.2, 0.25) is 0 Å². The fourth-order valence-electron chi connectivity index (χ4n) is 9.51. The molecule has 8 unspecified atom stereocenters. The van der Waals surface area contributed by atoms with Crippen molar-refractivity contribution in [2.45, 2.75) is 126 Å². The number of ether oxygens (including phenoxy) is 4. The first kappa shape index (κ1) is 27.5. The number of hydrogen-bond acceptors (Lipinski definition) is 9. The average molecular weight is 559 g/mol. The maximum Gasteiger partial charge on any atom is 0.342 e. The summed E-state index contributed by atoms with van der Waals surface area (Å²) in [6.07, 6.45) is 8.57. The van der Waals surface area contributed by atoms with E-state index < -0.39 is 29.3 Å². The zero-order valence-electron chi connectivity index (χ0n) is 24.0. The molecule has 6 heterocycles. The molecular formula is C31H46N2O7. The predicted octanol–water partition coefficient (Wildman–Crippen LogP) is 2.23. The second kappa shape index (κ2) is 9.85. The number of nitrogens with one attached hydrogen (secondary N) is 1. The minimum absolute atomic E-state index is 0.0213. The largest absolute Gasteiger partial charge is 0.457 e. The lowest BCUT2D eigenvalue weighted by molar-refractivity contribution is -0.282. The highest BCUT2D eigenvalue weighted by atomic mass is 16.7. The number of Topliss-reactive ketones (excluding diaryl/α,β-unsaturated/α-hetero) is 1. The molecule has 0 amide bonds. The van der Waals surface area contributed by atoms with E-state index in [4.69, 9.17) is 24.7 Å². The van der Waals surface area contributed by atoms with E-state index in [1.807, 2.05) is 20.8 Å². The summed E-state index contributed by atoms with van der Waals surface area (Å²) in [5.41, 5.74) is 4.42. The quantitative estimate of drug-likeness (QED) is 0.271. The lowest BCUT2D eigenvalue weighted by Gasteiger charge is -2.58. The summed E-state index contributed by atoms with van der Waals surface area (Å²) in [7, 11) is 0. The molecule has 0 radical (unpaired) electrons. The van der Waals surface area contributed by atoms with Crippen molar-refractivity contribution in [3.05, 3.63) is 12.2 Å². The Kier molecular flexibility index (Phi) is 6.76. The van der Waals surface area contributed by atoms with E-state index in [0.29, 0.717) is 18.8 Å². The molecule has 1 spiro atoms. The van der Waals surface area contributed by atoms with Crippen molar-refractivity contribution in [2.24, 2.45) is 41.2 Å². The highest BCUT2D eigenvalue weighted by molar-refractivity contribution is 5.85. The number of piperidine rings is 1. The number of hydrogen-bond donors (Lipinski definition) is 3. The maximum atomic E-state index is 14.1. The summed E-state index contributed by atoms with van der Waals surface area (Å²) in [5.74, 6) is -0.611. The van der Waals surface area contributed by atoms with Gasteiger partial charge in [0.1, 0.15) is 17.5 Å². The van der Waals surface area contributed by atoms with Gasteiger partial charge >= 0.3 is 5.97 Å². The van der Waals surface area contributed by atoms with E-state index in [0.717, 1.165) is 45.1 Å². The summed E-state index contributed by atoms with van der Waals surface area (Å²) in [6.45, 7) is 6.84. The van der Waals surface area contributed by atoms with Crippen molar-refractivity contribution in [3.63, 3.8) is 0 Å². The number of rotatable bonds is 3. The van der Waals surface area contributed by atoms with E-state index in [1.54, 1.807) is 0 Å². The molecule has 8 aliphatic rings. The fraction of sp³-hybridized carbons (Fsp3) is 0.871. The molecular weight excluding hydrogens is 512 g/mol. The number of aliphatic hydroxyl groups is 1. The topological polar surface area (TPSA) is 133 Å². The Balaban J connectivity index is 1.15. The molecule has 6 fully saturated rings. The summed E-state index contributed by atoms with van der Waals surface area (Å²) in [6, 6.07) is 0. The lowest BCUT2D eigenvalue weighted by atomic mass is 9.58. The van der Waals surface area contributed by atoms with Crippen LogP contribution in [0.5, 0.6) is 0 Å². The van der Waals surface area contributed by atoms with Gasteiger partial charge in [0.15, 0.2) is 5.60 Å². The van der Waals surface area contributed by atoms with Gasteiger partial charge in [-0.1, -0.05) is 12.2 Å². The fourth-order valence-corrected chi connectivity index (χ4v) is 9.51. The Bertz CT molecular complexity index is 1060. The summed E-state index contributed by atoms with van der Waals surface area (Å²) in [4.78, 5) is 27.2. The van der Waals surface area contributed by atoms with Gasteiger partial charge in [0, 0.05) is 30.6 Å². The molecule has 2 aliphatic carbocycles. The molecule has 0 aromatic carbocycles. The first-order valence-electron chi connectivity index (χ1n) is 15.7. The number of aliphatic hydroxyl groups excluding tert-OH is 1. The van der Waals surface area contributed by atoms with Crippen molar-refractivity contribution < 1.29 is 33.6 Å². The van der Waals surface area contributed by atoms with Gasteiger partial charge in [-0.05, 0) is 77.7 Å². The number of epoxide rings is 1. The molecule has 14 atom stereocenters. The number of carbonyl (C=O) groups is 2. The minimum Gasteiger partial charge on any atom is -0.457 e. The molecule has 2 bridgehead atoms. The van der Waals surface area contributed by atoms with Crippen molar-refractivity contribution in [1.29, 1.82) is 0 Å². The molecule has 9 heteroatoms. The number of carbonyl (C=O) groups excluding carboxylic acids is 2. The maximum absolute atomic E-state index is 14.1. The van der Waals surface area contributed by atoms with Gasteiger partial charge < -0.3 is 35.1 Å². The second-order valence-corrected chi connectivity index (χ2v) is 14.3. The van der Waals surface area contributed by atoms with Crippen LogP contribution >= 0.6 is 0 Å². The van der Waals surface area contributed by atoms with Gasteiger partial charge in [0.25, 0.3) is 0 Å². The van der Waals surface area contributed by atoms with Gasteiger partial charge in [-0.25, -0.2) is 4.79 Å². The first-order chi connectivity index (χ1) is 19.1. The van der Waals surface area contributed by atoms with Crippen LogP contribution in [-0.4, -0.2) is 77.4 Å². The van der Waals surface area contributed by atoms with Crippen LogP contribution in [-0.2, 0) is 28.5 Å². The van der Waals surface area contributed by atoms with Crippen LogP contribution in [0.15, 0.2) is 12.2 Å². The summed E-state index contributed by atoms with van der Waals surface area (Å²) in [5, 5.41) is 15.1.